The molecule has 0 fully saturated rings. The van der Waals surface area contributed by atoms with Crippen molar-refractivity contribution in [2.24, 2.45) is 7.05 Å². The number of ether oxygens (including phenoxy) is 1. The Bertz CT molecular complexity index is 695. The highest BCUT2D eigenvalue weighted by atomic mass is 16.5. The molecule has 0 spiro atoms. The zero-order chi connectivity index (χ0) is 13.2. The van der Waals surface area contributed by atoms with Crippen molar-refractivity contribution < 1.29 is 4.74 Å². The average molecular weight is 251 g/mol. The first-order chi connectivity index (χ1) is 9.24. The first-order valence-electron chi connectivity index (χ1n) is 6.47. The van der Waals surface area contributed by atoms with E-state index < -0.39 is 0 Å². The third kappa shape index (κ3) is 2.34. The lowest BCUT2D eigenvalue weighted by atomic mass is 10.2. The van der Waals surface area contributed by atoms with Crippen molar-refractivity contribution >= 4 is 10.9 Å². The second-order valence-electron chi connectivity index (χ2n) is 4.86. The summed E-state index contributed by atoms with van der Waals surface area (Å²) in [5.74, 6) is 0.913. The minimum absolute atomic E-state index is 0.592. The summed E-state index contributed by atoms with van der Waals surface area (Å²) in [4.78, 5) is 0. The maximum Gasteiger partial charge on any atom is 0.128 e. The molecule has 1 heterocycles. The molecule has 3 aromatic rings. The van der Waals surface area contributed by atoms with E-state index in [0.29, 0.717) is 6.61 Å². The molecule has 0 aliphatic rings. The molecule has 0 unspecified atom stereocenters. The molecular formula is C17H17NO. The quantitative estimate of drug-likeness (QED) is 0.684. The van der Waals surface area contributed by atoms with Crippen molar-refractivity contribution in [3.05, 3.63) is 65.9 Å². The number of para-hydroxylation sites is 1. The molecule has 3 rings (SSSR count). The summed E-state index contributed by atoms with van der Waals surface area (Å²) >= 11 is 0. The van der Waals surface area contributed by atoms with Gasteiger partial charge in [-0.3, -0.25) is 0 Å². The van der Waals surface area contributed by atoms with Gasteiger partial charge in [-0.2, -0.15) is 0 Å². The number of aromatic nitrogens is 1. The maximum atomic E-state index is 5.84. The lowest BCUT2D eigenvalue weighted by molar-refractivity contribution is 0.297. The molecule has 0 saturated carbocycles. The van der Waals surface area contributed by atoms with Gasteiger partial charge in [0.15, 0.2) is 0 Å². The van der Waals surface area contributed by atoms with Crippen LogP contribution in [0.3, 0.4) is 0 Å². The second-order valence-corrected chi connectivity index (χ2v) is 4.86. The van der Waals surface area contributed by atoms with E-state index in [1.54, 1.807) is 0 Å². The Morgan fingerprint density at radius 3 is 2.47 bits per heavy atom. The van der Waals surface area contributed by atoms with Crippen LogP contribution in [0.25, 0.3) is 10.9 Å². The van der Waals surface area contributed by atoms with E-state index in [2.05, 4.69) is 61.0 Å². The van der Waals surface area contributed by atoms with Crippen LogP contribution in [0, 0.1) is 6.92 Å². The van der Waals surface area contributed by atoms with Crippen LogP contribution in [0.1, 0.15) is 11.3 Å². The molecule has 0 N–H and O–H groups in total. The topological polar surface area (TPSA) is 14.2 Å². The zero-order valence-corrected chi connectivity index (χ0v) is 11.3. The monoisotopic (exact) mass is 251 g/mol. The van der Waals surface area contributed by atoms with Gasteiger partial charge in [-0.05, 0) is 36.6 Å². The van der Waals surface area contributed by atoms with E-state index in [1.807, 2.05) is 12.1 Å². The van der Waals surface area contributed by atoms with E-state index >= 15 is 0 Å². The van der Waals surface area contributed by atoms with Crippen LogP contribution in [-0.2, 0) is 13.7 Å². The third-order valence-electron chi connectivity index (χ3n) is 3.46. The van der Waals surface area contributed by atoms with Gasteiger partial charge in [-0.25, -0.2) is 0 Å². The summed E-state index contributed by atoms with van der Waals surface area (Å²) in [7, 11) is 2.08. The van der Waals surface area contributed by atoms with Gasteiger partial charge in [0.1, 0.15) is 12.4 Å². The van der Waals surface area contributed by atoms with Gasteiger partial charge in [0.05, 0.1) is 5.69 Å². The van der Waals surface area contributed by atoms with E-state index in [4.69, 9.17) is 4.74 Å². The van der Waals surface area contributed by atoms with Gasteiger partial charge in [0.25, 0.3) is 0 Å². The number of hydrogen-bond acceptors (Lipinski definition) is 1. The fraction of sp³-hybridized carbons (Fsp3) is 0.176. The third-order valence-corrected chi connectivity index (χ3v) is 3.46. The van der Waals surface area contributed by atoms with E-state index in [0.717, 1.165) is 5.75 Å². The Morgan fingerprint density at radius 2 is 1.74 bits per heavy atom. The summed E-state index contributed by atoms with van der Waals surface area (Å²) in [6.45, 7) is 2.67. The number of hydrogen-bond donors (Lipinski definition) is 0. The summed E-state index contributed by atoms with van der Waals surface area (Å²) in [6, 6.07) is 18.7. The Kier molecular flexibility index (Phi) is 3.00. The molecule has 96 valence electrons. The summed E-state index contributed by atoms with van der Waals surface area (Å²) in [6.07, 6.45) is 0. The minimum atomic E-state index is 0.592. The fourth-order valence-electron chi connectivity index (χ4n) is 2.28. The van der Waals surface area contributed by atoms with Gasteiger partial charge < -0.3 is 9.30 Å². The number of fused-ring (bicyclic) bond motifs is 1. The van der Waals surface area contributed by atoms with Crippen molar-refractivity contribution in [1.29, 1.82) is 0 Å². The molecule has 0 bridgehead atoms. The van der Waals surface area contributed by atoms with Crippen LogP contribution in [0.15, 0.2) is 54.6 Å². The van der Waals surface area contributed by atoms with Crippen LogP contribution in [0.2, 0.25) is 0 Å². The van der Waals surface area contributed by atoms with Crippen LogP contribution >= 0.6 is 0 Å². The number of aryl methyl sites for hydroxylation is 2. The van der Waals surface area contributed by atoms with Crippen LogP contribution in [0.4, 0.5) is 0 Å². The molecule has 0 amide bonds. The molecular weight excluding hydrogens is 234 g/mol. The minimum Gasteiger partial charge on any atom is -0.487 e. The van der Waals surface area contributed by atoms with Crippen molar-refractivity contribution in [2.45, 2.75) is 13.5 Å². The highest BCUT2D eigenvalue weighted by Crippen LogP contribution is 2.20. The van der Waals surface area contributed by atoms with Gasteiger partial charge in [0.2, 0.25) is 0 Å². The molecule has 0 radical (unpaired) electrons. The standard InChI is InChI=1S/C17H17NO/c1-13-7-9-16(10-8-13)19-12-15-11-14-5-3-4-6-17(14)18(15)2/h3-11H,12H2,1-2H3. The van der Waals surface area contributed by atoms with Crippen molar-refractivity contribution in [2.75, 3.05) is 0 Å². The highest BCUT2D eigenvalue weighted by Gasteiger charge is 2.05. The van der Waals surface area contributed by atoms with Crippen molar-refractivity contribution in [1.82, 2.24) is 4.57 Å². The fourth-order valence-corrected chi connectivity index (χ4v) is 2.28. The van der Waals surface area contributed by atoms with Crippen molar-refractivity contribution in [3.8, 4) is 5.75 Å². The van der Waals surface area contributed by atoms with E-state index in [1.165, 1.54) is 22.2 Å². The average Bonchev–Trinajstić information content (AvgIpc) is 2.76. The molecule has 2 aromatic carbocycles. The Hall–Kier alpha value is -2.22. The number of rotatable bonds is 3. The van der Waals surface area contributed by atoms with Gasteiger partial charge in [-0.1, -0.05) is 35.9 Å². The first-order valence-corrected chi connectivity index (χ1v) is 6.47. The summed E-state index contributed by atoms with van der Waals surface area (Å²) in [5, 5.41) is 1.26. The lowest BCUT2D eigenvalue weighted by Gasteiger charge is -2.07. The van der Waals surface area contributed by atoms with Crippen molar-refractivity contribution in [3.63, 3.8) is 0 Å². The molecule has 0 atom stereocenters. The predicted octanol–water partition coefficient (Wildman–Crippen LogP) is 4.07. The molecule has 19 heavy (non-hydrogen) atoms. The zero-order valence-electron chi connectivity index (χ0n) is 11.3. The van der Waals surface area contributed by atoms with Crippen LogP contribution < -0.4 is 4.74 Å². The number of benzene rings is 2. The molecule has 0 saturated heterocycles. The van der Waals surface area contributed by atoms with Gasteiger partial charge >= 0.3 is 0 Å². The van der Waals surface area contributed by atoms with E-state index in [-0.39, 0.29) is 0 Å². The molecule has 2 nitrogen and oxygen atoms in total. The SMILES string of the molecule is Cc1ccc(OCc2cc3ccccc3n2C)cc1. The predicted molar refractivity (Wildman–Crippen MR) is 78.4 cm³/mol. The van der Waals surface area contributed by atoms with E-state index in [9.17, 15) is 0 Å². The molecule has 2 heteroatoms. The lowest BCUT2D eigenvalue weighted by Crippen LogP contribution is -2.01. The normalized spacial score (nSPS) is 10.8. The van der Waals surface area contributed by atoms with Crippen LogP contribution in [-0.4, -0.2) is 4.57 Å². The smallest absolute Gasteiger partial charge is 0.128 e. The highest BCUT2D eigenvalue weighted by molar-refractivity contribution is 5.81. The second kappa shape index (κ2) is 4.81. The molecule has 0 aliphatic carbocycles. The maximum absolute atomic E-state index is 5.84. The van der Waals surface area contributed by atoms with Crippen LogP contribution in [0.5, 0.6) is 5.75 Å². The number of nitrogens with zero attached hydrogens (tertiary/aromatic N) is 1. The molecule has 1 aromatic heterocycles. The first kappa shape index (κ1) is 11.8. The largest absolute Gasteiger partial charge is 0.487 e. The Balaban J connectivity index is 1.82. The Labute approximate surface area is 113 Å². The summed E-state index contributed by atoms with van der Waals surface area (Å²) < 4.78 is 8.02. The van der Waals surface area contributed by atoms with Gasteiger partial charge in [0, 0.05) is 12.6 Å². The summed E-state index contributed by atoms with van der Waals surface area (Å²) in [5.41, 5.74) is 3.67. The Morgan fingerprint density at radius 1 is 1.00 bits per heavy atom. The molecule has 0 aliphatic heterocycles. The van der Waals surface area contributed by atoms with Gasteiger partial charge in [-0.15, -0.1) is 0 Å².